The van der Waals surface area contributed by atoms with Crippen LogP contribution in [-0.4, -0.2) is 22.2 Å². The molecule has 166 valence electrons. The van der Waals surface area contributed by atoms with Gasteiger partial charge in [0.2, 0.25) is 0 Å². The van der Waals surface area contributed by atoms with Gasteiger partial charge in [-0.1, -0.05) is 24.3 Å². The third-order valence-corrected chi connectivity index (χ3v) is 5.41. The smallest absolute Gasteiger partial charge is 0.335 e. The largest absolute Gasteiger partial charge is 0.478 e. The van der Waals surface area contributed by atoms with Crippen molar-refractivity contribution in [2.75, 3.05) is 0 Å². The Bertz CT molecular complexity index is 1440. The summed E-state index contributed by atoms with van der Waals surface area (Å²) < 4.78 is 11.9. The highest BCUT2D eigenvalue weighted by molar-refractivity contribution is 5.95. The van der Waals surface area contributed by atoms with Crippen molar-refractivity contribution in [3.8, 4) is 23.0 Å². The maximum absolute atomic E-state index is 11.1. The molecule has 0 saturated heterocycles. The minimum absolute atomic E-state index is 0.244. The molecule has 6 nitrogen and oxygen atoms in total. The van der Waals surface area contributed by atoms with Gasteiger partial charge in [0.25, 0.3) is 0 Å². The van der Waals surface area contributed by atoms with Gasteiger partial charge < -0.3 is 19.7 Å². The van der Waals surface area contributed by atoms with E-state index in [4.69, 9.17) is 19.7 Å². The van der Waals surface area contributed by atoms with Crippen molar-refractivity contribution >= 4 is 33.5 Å². The maximum atomic E-state index is 11.1. The van der Waals surface area contributed by atoms with Gasteiger partial charge in [0.1, 0.15) is 23.0 Å². The lowest BCUT2D eigenvalue weighted by Gasteiger charge is -2.10. The zero-order valence-corrected chi connectivity index (χ0v) is 17.8. The number of fused-ring (bicyclic) bond motifs is 2. The Balaban J connectivity index is 1.30. The number of hydrogen-bond acceptors (Lipinski definition) is 4. The summed E-state index contributed by atoms with van der Waals surface area (Å²) >= 11 is 0. The van der Waals surface area contributed by atoms with Gasteiger partial charge in [-0.05, 0) is 94.3 Å². The van der Waals surface area contributed by atoms with Crippen LogP contribution in [0.15, 0.2) is 97.1 Å². The molecule has 0 radical (unpaired) electrons. The highest BCUT2D eigenvalue weighted by Gasteiger charge is 2.07. The van der Waals surface area contributed by atoms with Crippen LogP contribution in [0.5, 0.6) is 23.0 Å². The number of aromatic carboxylic acids is 2. The summed E-state index contributed by atoms with van der Waals surface area (Å²) in [6.07, 6.45) is 0. The van der Waals surface area contributed by atoms with E-state index < -0.39 is 11.9 Å². The highest BCUT2D eigenvalue weighted by atomic mass is 16.5. The van der Waals surface area contributed by atoms with Gasteiger partial charge >= 0.3 is 11.9 Å². The molecule has 6 heteroatoms. The fourth-order valence-electron chi connectivity index (χ4n) is 3.69. The zero-order chi connectivity index (χ0) is 23.7. The molecule has 0 aliphatic heterocycles. The number of rotatable bonds is 6. The van der Waals surface area contributed by atoms with E-state index in [1.54, 1.807) is 72.8 Å². The van der Waals surface area contributed by atoms with Crippen LogP contribution < -0.4 is 9.47 Å². The molecule has 0 atom stereocenters. The first-order chi connectivity index (χ1) is 16.4. The van der Waals surface area contributed by atoms with Crippen molar-refractivity contribution in [1.82, 2.24) is 0 Å². The summed E-state index contributed by atoms with van der Waals surface area (Å²) in [6.45, 7) is 0. The first-order valence-corrected chi connectivity index (χ1v) is 10.4. The molecule has 0 heterocycles. The fraction of sp³-hybridized carbons (Fsp3) is 0. The molecule has 0 spiro atoms. The molecule has 34 heavy (non-hydrogen) atoms. The molecule has 0 unspecified atom stereocenters. The van der Waals surface area contributed by atoms with E-state index in [-0.39, 0.29) is 11.1 Å². The molecule has 5 rings (SSSR count). The van der Waals surface area contributed by atoms with Gasteiger partial charge in [0, 0.05) is 0 Å². The molecule has 5 aromatic carbocycles. The Morgan fingerprint density at radius 1 is 0.441 bits per heavy atom. The lowest BCUT2D eigenvalue weighted by molar-refractivity contribution is 0.0686. The average Bonchev–Trinajstić information content (AvgIpc) is 2.84. The third-order valence-electron chi connectivity index (χ3n) is 5.41. The Morgan fingerprint density at radius 2 is 0.765 bits per heavy atom. The van der Waals surface area contributed by atoms with Gasteiger partial charge in [-0.3, -0.25) is 0 Å². The molecule has 0 fully saturated rings. The van der Waals surface area contributed by atoms with Crippen LogP contribution in [0.3, 0.4) is 0 Å². The third kappa shape index (κ3) is 4.38. The Hall–Kier alpha value is -4.84. The van der Waals surface area contributed by atoms with Crippen molar-refractivity contribution in [1.29, 1.82) is 0 Å². The van der Waals surface area contributed by atoms with Crippen molar-refractivity contribution in [3.63, 3.8) is 0 Å². The minimum atomic E-state index is -0.958. The number of benzene rings is 5. The second-order valence-corrected chi connectivity index (χ2v) is 7.73. The van der Waals surface area contributed by atoms with E-state index in [0.717, 1.165) is 21.5 Å². The number of carboxylic acid groups (broad SMARTS) is 2. The summed E-state index contributed by atoms with van der Waals surface area (Å²) in [7, 11) is 0. The molecule has 2 N–H and O–H groups in total. The van der Waals surface area contributed by atoms with Gasteiger partial charge in [-0.15, -0.1) is 0 Å². The van der Waals surface area contributed by atoms with Crippen LogP contribution in [-0.2, 0) is 0 Å². The topological polar surface area (TPSA) is 93.1 Å². The summed E-state index contributed by atoms with van der Waals surface area (Å²) in [5.41, 5.74) is 0.487. The monoisotopic (exact) mass is 450 g/mol. The number of carbonyl (C=O) groups is 2. The standard InChI is InChI=1S/C28H18O6/c29-27(30)21-3-1-19-15-25(7-5-17(19)13-21)33-23-9-11-24(12-10-23)34-26-8-6-18-14-22(28(31)32)4-2-20(18)16-26/h1-16H,(H,29,30)(H,31,32). The highest BCUT2D eigenvalue weighted by Crippen LogP contribution is 2.30. The van der Waals surface area contributed by atoms with Crippen molar-refractivity contribution < 1.29 is 29.3 Å². The molecule has 0 bridgehead atoms. The summed E-state index contributed by atoms with van der Waals surface area (Å²) in [5.74, 6) is 0.627. The van der Waals surface area contributed by atoms with Gasteiger partial charge in [0.05, 0.1) is 11.1 Å². The second kappa shape index (κ2) is 8.60. The predicted molar refractivity (Wildman–Crippen MR) is 128 cm³/mol. The minimum Gasteiger partial charge on any atom is -0.478 e. The van der Waals surface area contributed by atoms with Gasteiger partial charge in [0.15, 0.2) is 0 Å². The van der Waals surface area contributed by atoms with Crippen LogP contribution in [0.25, 0.3) is 21.5 Å². The number of hydrogen-bond donors (Lipinski definition) is 2. The molecular weight excluding hydrogens is 432 g/mol. The predicted octanol–water partition coefficient (Wildman–Crippen LogP) is 6.97. The summed E-state index contributed by atoms with van der Waals surface area (Å²) in [6, 6.07) is 28.1. The molecule has 0 saturated carbocycles. The lowest BCUT2D eigenvalue weighted by Crippen LogP contribution is -1.95. The lowest BCUT2D eigenvalue weighted by atomic mass is 10.1. The van der Waals surface area contributed by atoms with Gasteiger partial charge in [-0.2, -0.15) is 0 Å². The van der Waals surface area contributed by atoms with E-state index >= 15 is 0 Å². The molecule has 0 aromatic heterocycles. The first-order valence-electron chi connectivity index (χ1n) is 10.4. The SMILES string of the molecule is O=C(O)c1ccc2cc(Oc3ccc(Oc4ccc5cc(C(=O)O)ccc5c4)cc3)ccc2c1. The van der Waals surface area contributed by atoms with Crippen LogP contribution in [0, 0.1) is 0 Å². The maximum Gasteiger partial charge on any atom is 0.335 e. The summed E-state index contributed by atoms with van der Waals surface area (Å²) in [5, 5.41) is 21.7. The molecule has 0 aliphatic rings. The molecule has 0 amide bonds. The van der Waals surface area contributed by atoms with E-state index in [2.05, 4.69) is 0 Å². The van der Waals surface area contributed by atoms with Crippen molar-refractivity contribution in [2.45, 2.75) is 0 Å². The molecule has 5 aromatic rings. The average molecular weight is 450 g/mol. The number of carboxylic acids is 2. The van der Waals surface area contributed by atoms with E-state index in [1.807, 2.05) is 24.3 Å². The Labute approximate surface area is 194 Å². The zero-order valence-electron chi connectivity index (χ0n) is 17.8. The van der Waals surface area contributed by atoms with Crippen LogP contribution in [0.4, 0.5) is 0 Å². The van der Waals surface area contributed by atoms with Crippen molar-refractivity contribution in [3.05, 3.63) is 108 Å². The fourth-order valence-corrected chi connectivity index (χ4v) is 3.69. The van der Waals surface area contributed by atoms with Crippen LogP contribution in [0.1, 0.15) is 20.7 Å². The second-order valence-electron chi connectivity index (χ2n) is 7.73. The van der Waals surface area contributed by atoms with E-state index in [1.165, 1.54) is 0 Å². The molecule has 0 aliphatic carbocycles. The Morgan fingerprint density at radius 3 is 1.15 bits per heavy atom. The Kier molecular flexibility index (Phi) is 5.32. The normalized spacial score (nSPS) is 10.8. The van der Waals surface area contributed by atoms with Crippen molar-refractivity contribution in [2.24, 2.45) is 0 Å². The van der Waals surface area contributed by atoms with E-state index in [0.29, 0.717) is 23.0 Å². The number of ether oxygens (including phenoxy) is 2. The molecular formula is C28H18O6. The van der Waals surface area contributed by atoms with Gasteiger partial charge in [-0.25, -0.2) is 9.59 Å². The van der Waals surface area contributed by atoms with Crippen LogP contribution >= 0.6 is 0 Å². The van der Waals surface area contributed by atoms with E-state index in [9.17, 15) is 9.59 Å². The first kappa shape index (κ1) is 21.0. The quantitative estimate of drug-likeness (QED) is 0.290. The summed E-state index contributed by atoms with van der Waals surface area (Å²) in [4.78, 5) is 22.3. The van der Waals surface area contributed by atoms with Crippen LogP contribution in [0.2, 0.25) is 0 Å².